The number of fused-ring (bicyclic) bond motifs is 1. The first kappa shape index (κ1) is 17.3. The molecular weight excluding hydrogens is 349 g/mol. The molecule has 0 saturated carbocycles. The molecule has 1 aromatic carbocycles. The van der Waals surface area contributed by atoms with E-state index in [4.69, 9.17) is 0 Å². The average molecular weight is 364 g/mol. The molecule has 0 bridgehead atoms. The van der Waals surface area contributed by atoms with Gasteiger partial charge in [-0.2, -0.15) is 13.2 Å². The molecule has 0 saturated heterocycles. The first-order valence-electron chi connectivity index (χ1n) is 7.52. The second-order valence-corrected chi connectivity index (χ2v) is 6.43. The number of benzene rings is 1. The van der Waals surface area contributed by atoms with Gasteiger partial charge in [0.25, 0.3) is 5.91 Å². The minimum Gasteiger partial charge on any atom is -0.347 e. The van der Waals surface area contributed by atoms with Crippen LogP contribution in [0.15, 0.2) is 54.4 Å². The van der Waals surface area contributed by atoms with Crippen LogP contribution in [0.2, 0.25) is 0 Å². The number of carbonyl (C=O) groups excluding carboxylic acids is 1. The lowest BCUT2D eigenvalue weighted by Crippen LogP contribution is -2.26. The Hall–Kier alpha value is -2.54. The fraction of sp³-hybridized carbons (Fsp3) is 0.167. The molecule has 3 aromatic rings. The highest BCUT2D eigenvalue weighted by Crippen LogP contribution is 2.30. The highest BCUT2D eigenvalue weighted by molar-refractivity contribution is 7.17. The summed E-state index contributed by atoms with van der Waals surface area (Å²) in [6, 6.07) is 8.68. The predicted molar refractivity (Wildman–Crippen MR) is 92.9 cm³/mol. The van der Waals surface area contributed by atoms with E-state index < -0.39 is 11.7 Å². The van der Waals surface area contributed by atoms with Crippen LogP contribution in [0.1, 0.15) is 21.6 Å². The standard InChI is InChI=1S/C18H15F3N2OS/c1-2-8-22-17(24)15-10-16-14(7-9-25-16)23(15)11-12-3-5-13(6-4-12)18(19,20)21/h2-7,9-10H,1,8,11H2,(H,22,24). The van der Waals surface area contributed by atoms with Crippen molar-refractivity contribution in [2.75, 3.05) is 6.54 Å². The number of amides is 1. The van der Waals surface area contributed by atoms with Gasteiger partial charge in [-0.3, -0.25) is 4.79 Å². The number of nitrogens with zero attached hydrogens (tertiary/aromatic N) is 1. The Balaban J connectivity index is 1.93. The molecule has 0 unspecified atom stereocenters. The predicted octanol–water partition coefficient (Wildman–Crippen LogP) is 4.69. The fourth-order valence-corrected chi connectivity index (χ4v) is 3.39. The molecule has 2 heterocycles. The molecule has 130 valence electrons. The van der Waals surface area contributed by atoms with E-state index in [0.29, 0.717) is 24.3 Å². The van der Waals surface area contributed by atoms with Crippen LogP contribution in [-0.2, 0) is 12.7 Å². The maximum atomic E-state index is 12.7. The van der Waals surface area contributed by atoms with Gasteiger partial charge in [0.1, 0.15) is 5.69 Å². The maximum absolute atomic E-state index is 12.7. The van der Waals surface area contributed by atoms with Crippen LogP contribution in [0.4, 0.5) is 13.2 Å². The van der Waals surface area contributed by atoms with Crippen LogP contribution in [0.5, 0.6) is 0 Å². The van der Waals surface area contributed by atoms with Gasteiger partial charge in [-0.1, -0.05) is 18.2 Å². The summed E-state index contributed by atoms with van der Waals surface area (Å²) >= 11 is 1.51. The van der Waals surface area contributed by atoms with Gasteiger partial charge in [-0.25, -0.2) is 0 Å². The topological polar surface area (TPSA) is 34.0 Å². The van der Waals surface area contributed by atoms with E-state index in [1.54, 1.807) is 12.1 Å². The smallest absolute Gasteiger partial charge is 0.347 e. The first-order chi connectivity index (χ1) is 11.9. The third-order valence-electron chi connectivity index (χ3n) is 3.78. The van der Waals surface area contributed by atoms with Crippen molar-refractivity contribution >= 4 is 27.5 Å². The van der Waals surface area contributed by atoms with Crippen molar-refractivity contribution in [3.8, 4) is 0 Å². The SMILES string of the molecule is C=CCNC(=O)c1cc2sccc2n1Cc1ccc(C(F)(F)F)cc1. The molecule has 25 heavy (non-hydrogen) atoms. The Morgan fingerprint density at radius 3 is 2.60 bits per heavy atom. The molecule has 2 aromatic heterocycles. The van der Waals surface area contributed by atoms with Crippen molar-refractivity contribution in [1.82, 2.24) is 9.88 Å². The van der Waals surface area contributed by atoms with E-state index in [0.717, 1.165) is 22.3 Å². The van der Waals surface area contributed by atoms with Crippen molar-refractivity contribution in [2.45, 2.75) is 12.7 Å². The zero-order chi connectivity index (χ0) is 18.0. The van der Waals surface area contributed by atoms with Crippen LogP contribution in [-0.4, -0.2) is 17.0 Å². The second kappa shape index (κ2) is 6.76. The van der Waals surface area contributed by atoms with Gasteiger partial charge in [0, 0.05) is 13.1 Å². The number of aromatic nitrogens is 1. The average Bonchev–Trinajstić information content (AvgIpc) is 3.15. The zero-order valence-electron chi connectivity index (χ0n) is 13.1. The third-order valence-corrected chi connectivity index (χ3v) is 4.64. The Kier molecular flexibility index (Phi) is 4.67. The lowest BCUT2D eigenvalue weighted by Gasteiger charge is -2.12. The number of nitrogens with one attached hydrogen (secondary N) is 1. The Bertz CT molecular complexity index is 907. The van der Waals surface area contributed by atoms with Crippen molar-refractivity contribution in [2.24, 2.45) is 0 Å². The van der Waals surface area contributed by atoms with E-state index in [9.17, 15) is 18.0 Å². The molecule has 0 aliphatic carbocycles. The molecule has 3 rings (SSSR count). The van der Waals surface area contributed by atoms with Crippen molar-refractivity contribution in [3.05, 3.63) is 71.3 Å². The van der Waals surface area contributed by atoms with Gasteiger partial charge < -0.3 is 9.88 Å². The van der Waals surface area contributed by atoms with E-state index in [2.05, 4.69) is 11.9 Å². The Morgan fingerprint density at radius 1 is 1.24 bits per heavy atom. The van der Waals surface area contributed by atoms with E-state index in [1.165, 1.54) is 23.5 Å². The maximum Gasteiger partial charge on any atom is 0.416 e. The van der Waals surface area contributed by atoms with E-state index in [-0.39, 0.29) is 5.91 Å². The lowest BCUT2D eigenvalue weighted by atomic mass is 10.1. The second-order valence-electron chi connectivity index (χ2n) is 5.48. The molecule has 0 atom stereocenters. The Morgan fingerprint density at radius 2 is 1.96 bits per heavy atom. The van der Waals surface area contributed by atoms with Crippen molar-refractivity contribution in [1.29, 1.82) is 0 Å². The van der Waals surface area contributed by atoms with Crippen molar-refractivity contribution < 1.29 is 18.0 Å². The summed E-state index contributed by atoms with van der Waals surface area (Å²) in [7, 11) is 0. The number of rotatable bonds is 5. The molecule has 1 amide bonds. The summed E-state index contributed by atoms with van der Waals surface area (Å²) < 4.78 is 40.8. The molecule has 0 aliphatic heterocycles. The minimum atomic E-state index is -4.36. The lowest BCUT2D eigenvalue weighted by molar-refractivity contribution is -0.137. The monoisotopic (exact) mass is 364 g/mol. The molecule has 0 spiro atoms. The summed E-state index contributed by atoms with van der Waals surface area (Å²) in [5, 5.41) is 4.65. The van der Waals surface area contributed by atoms with Crippen LogP contribution < -0.4 is 5.32 Å². The third kappa shape index (κ3) is 3.61. The first-order valence-corrected chi connectivity index (χ1v) is 8.40. The van der Waals surface area contributed by atoms with Crippen LogP contribution in [0.3, 0.4) is 0 Å². The quantitative estimate of drug-likeness (QED) is 0.655. The summed E-state index contributed by atoms with van der Waals surface area (Å²) in [4.78, 5) is 12.3. The van der Waals surface area contributed by atoms with Gasteiger partial charge in [0.2, 0.25) is 0 Å². The van der Waals surface area contributed by atoms with E-state index in [1.807, 2.05) is 16.0 Å². The molecule has 1 N–H and O–H groups in total. The highest BCUT2D eigenvalue weighted by Gasteiger charge is 2.30. The van der Waals surface area contributed by atoms with Gasteiger partial charge in [-0.15, -0.1) is 17.9 Å². The number of thiophene rings is 1. The normalized spacial score (nSPS) is 11.6. The molecule has 7 heteroatoms. The summed E-state index contributed by atoms with van der Waals surface area (Å²) in [6.07, 6.45) is -2.77. The summed E-state index contributed by atoms with van der Waals surface area (Å²) in [5.74, 6) is -0.241. The number of alkyl halides is 3. The van der Waals surface area contributed by atoms with Gasteiger partial charge in [0.15, 0.2) is 0 Å². The van der Waals surface area contributed by atoms with Gasteiger partial charge in [0.05, 0.1) is 15.8 Å². The highest BCUT2D eigenvalue weighted by atomic mass is 32.1. The minimum absolute atomic E-state index is 0.241. The number of carbonyl (C=O) groups is 1. The summed E-state index contributed by atoms with van der Waals surface area (Å²) in [6.45, 7) is 4.23. The van der Waals surface area contributed by atoms with Gasteiger partial charge in [-0.05, 0) is 35.2 Å². The van der Waals surface area contributed by atoms with E-state index >= 15 is 0 Å². The molecular formula is C18H15F3N2OS. The molecule has 0 aliphatic rings. The number of hydrogen-bond donors (Lipinski definition) is 1. The van der Waals surface area contributed by atoms with Crippen LogP contribution >= 0.6 is 11.3 Å². The number of hydrogen-bond acceptors (Lipinski definition) is 2. The molecule has 3 nitrogen and oxygen atoms in total. The molecule has 0 fully saturated rings. The van der Waals surface area contributed by atoms with Crippen LogP contribution in [0.25, 0.3) is 10.2 Å². The largest absolute Gasteiger partial charge is 0.416 e. The van der Waals surface area contributed by atoms with Gasteiger partial charge >= 0.3 is 6.18 Å². The summed E-state index contributed by atoms with van der Waals surface area (Å²) in [5.41, 5.74) is 1.36. The zero-order valence-corrected chi connectivity index (χ0v) is 14.0. The Labute approximate surface area is 146 Å². The molecule has 0 radical (unpaired) electrons. The number of halogens is 3. The van der Waals surface area contributed by atoms with Crippen LogP contribution in [0, 0.1) is 0 Å². The fourth-order valence-electron chi connectivity index (χ4n) is 2.57. The van der Waals surface area contributed by atoms with Crippen molar-refractivity contribution in [3.63, 3.8) is 0 Å².